The number of hydrogen-bond donors (Lipinski definition) is 2. The van der Waals surface area contributed by atoms with Crippen LogP contribution in [0.2, 0.25) is 0 Å². The Kier molecular flexibility index (Phi) is 6.39. The summed E-state index contributed by atoms with van der Waals surface area (Å²) in [5, 5.41) is 9.22. The highest BCUT2D eigenvalue weighted by molar-refractivity contribution is 6.05. The fourth-order valence-corrected chi connectivity index (χ4v) is 2.00. The first-order valence-corrected chi connectivity index (χ1v) is 7.59. The van der Waals surface area contributed by atoms with Crippen molar-refractivity contribution in [3.63, 3.8) is 0 Å². The van der Waals surface area contributed by atoms with E-state index in [1.165, 1.54) is 36.4 Å². The summed E-state index contributed by atoms with van der Waals surface area (Å²) in [6.45, 7) is 0. The first-order chi connectivity index (χ1) is 13.1. The number of hydrogen-bond acceptors (Lipinski definition) is 3. The van der Waals surface area contributed by atoms with Gasteiger partial charge in [0.1, 0.15) is 0 Å². The minimum absolute atomic E-state index is 0.265. The summed E-state index contributed by atoms with van der Waals surface area (Å²) < 4.78 is 78.7. The Bertz CT molecular complexity index is 870. The van der Waals surface area contributed by atoms with E-state index in [-0.39, 0.29) is 11.1 Å². The average molecular weight is 401 g/mol. The molecule has 0 aromatic heterocycles. The molecular formula is C17H13F6N5. The number of halogens is 6. The summed E-state index contributed by atoms with van der Waals surface area (Å²) in [6, 6.07) is 13.1. The number of guanidine groups is 1. The third-order valence-electron chi connectivity index (χ3n) is 3.17. The van der Waals surface area contributed by atoms with E-state index >= 15 is 0 Å². The molecule has 5 nitrogen and oxygen atoms in total. The molecule has 28 heavy (non-hydrogen) atoms. The molecule has 0 spiro atoms. The molecule has 3 N–H and O–H groups in total. The van der Waals surface area contributed by atoms with Gasteiger partial charge in [-0.15, -0.1) is 10.2 Å². The van der Waals surface area contributed by atoms with Gasteiger partial charge >= 0.3 is 12.4 Å². The van der Waals surface area contributed by atoms with Gasteiger partial charge in [-0.3, -0.25) is 0 Å². The van der Waals surface area contributed by atoms with Gasteiger partial charge in [0.05, 0.1) is 0 Å². The lowest BCUT2D eigenvalue weighted by Crippen LogP contribution is -2.33. The zero-order valence-corrected chi connectivity index (χ0v) is 14.0. The molecule has 0 aliphatic carbocycles. The smallest absolute Gasteiger partial charge is 0.367 e. The van der Waals surface area contributed by atoms with Crippen molar-refractivity contribution in [1.82, 2.24) is 5.43 Å². The number of benzene rings is 2. The topological polar surface area (TPSA) is 75.1 Å². The first kappa shape index (κ1) is 20.9. The van der Waals surface area contributed by atoms with Crippen molar-refractivity contribution < 1.29 is 26.3 Å². The Morgan fingerprint density at radius 3 is 1.54 bits per heavy atom. The lowest BCUT2D eigenvalue weighted by atomic mass is 10.1. The molecule has 148 valence electrons. The highest BCUT2D eigenvalue weighted by atomic mass is 19.4. The maximum Gasteiger partial charge on any atom is 0.435 e. The van der Waals surface area contributed by atoms with Crippen molar-refractivity contribution in [3.05, 3.63) is 71.8 Å². The van der Waals surface area contributed by atoms with Crippen LogP contribution in [0.25, 0.3) is 0 Å². The fourth-order valence-electron chi connectivity index (χ4n) is 2.00. The van der Waals surface area contributed by atoms with E-state index in [0.717, 1.165) is 24.3 Å². The monoisotopic (exact) mass is 401 g/mol. The molecule has 2 rings (SSSR count). The third-order valence-corrected chi connectivity index (χ3v) is 3.17. The van der Waals surface area contributed by atoms with Crippen molar-refractivity contribution in [1.29, 1.82) is 0 Å². The SMILES string of the molecule is NC(=NN=C(c1ccccc1)C(F)(F)F)NN=C(c1ccccc1)C(F)(F)F. The van der Waals surface area contributed by atoms with Gasteiger partial charge in [0, 0.05) is 11.1 Å². The van der Waals surface area contributed by atoms with Gasteiger partial charge in [-0.1, -0.05) is 60.7 Å². The molecule has 0 aliphatic rings. The minimum atomic E-state index is -4.85. The summed E-state index contributed by atoms with van der Waals surface area (Å²) in [7, 11) is 0. The fraction of sp³-hybridized carbons (Fsp3) is 0.118. The van der Waals surface area contributed by atoms with E-state index in [4.69, 9.17) is 5.73 Å². The van der Waals surface area contributed by atoms with Crippen LogP contribution in [0.4, 0.5) is 26.3 Å². The second kappa shape index (κ2) is 8.55. The van der Waals surface area contributed by atoms with Gasteiger partial charge in [-0.05, 0) is 0 Å². The quantitative estimate of drug-likeness (QED) is 0.354. The number of rotatable bonds is 4. The van der Waals surface area contributed by atoms with E-state index in [1.807, 2.05) is 0 Å². The standard InChI is InChI=1S/C17H13F6N5/c18-16(19,20)13(11-7-3-1-4-8-11)25-27-15(24)28-26-14(17(21,22)23)12-9-5-2-6-10-12/h1-10H,(H3,24,27,28). The molecule has 0 heterocycles. The Hall–Kier alpha value is -3.37. The highest BCUT2D eigenvalue weighted by Gasteiger charge is 2.38. The van der Waals surface area contributed by atoms with Crippen LogP contribution in [-0.4, -0.2) is 29.7 Å². The number of nitrogens with two attached hydrogens (primary N) is 1. The second-order valence-electron chi connectivity index (χ2n) is 5.23. The Balaban J connectivity index is 2.31. The summed E-state index contributed by atoms with van der Waals surface area (Å²) in [6.07, 6.45) is -9.69. The van der Waals surface area contributed by atoms with Gasteiger partial charge in [0.2, 0.25) is 5.96 Å². The molecule has 0 radical (unpaired) electrons. The summed E-state index contributed by atoms with van der Waals surface area (Å²) in [5.41, 5.74) is 3.84. The van der Waals surface area contributed by atoms with E-state index in [2.05, 4.69) is 15.3 Å². The molecule has 0 amide bonds. The van der Waals surface area contributed by atoms with Crippen LogP contribution in [0, 0.1) is 0 Å². The molecule has 0 bridgehead atoms. The molecular weight excluding hydrogens is 388 g/mol. The number of nitrogens with one attached hydrogen (secondary N) is 1. The van der Waals surface area contributed by atoms with E-state index in [0.29, 0.717) is 0 Å². The van der Waals surface area contributed by atoms with Crippen LogP contribution >= 0.6 is 0 Å². The maximum atomic E-state index is 13.1. The van der Waals surface area contributed by atoms with Crippen LogP contribution in [0.15, 0.2) is 76.0 Å². The zero-order chi connectivity index (χ0) is 20.8. The van der Waals surface area contributed by atoms with Crippen molar-refractivity contribution in [3.8, 4) is 0 Å². The zero-order valence-electron chi connectivity index (χ0n) is 14.0. The summed E-state index contributed by atoms with van der Waals surface area (Å²) in [5.74, 6) is -0.852. The molecule has 0 unspecified atom stereocenters. The van der Waals surface area contributed by atoms with E-state index in [9.17, 15) is 26.3 Å². The van der Waals surface area contributed by atoms with Crippen LogP contribution < -0.4 is 11.2 Å². The van der Waals surface area contributed by atoms with E-state index < -0.39 is 29.7 Å². The van der Waals surface area contributed by atoms with Crippen molar-refractivity contribution in [2.75, 3.05) is 0 Å². The molecule has 0 saturated carbocycles. The van der Waals surface area contributed by atoms with Crippen LogP contribution in [0.1, 0.15) is 11.1 Å². The van der Waals surface area contributed by atoms with Crippen LogP contribution in [0.5, 0.6) is 0 Å². The predicted molar refractivity (Wildman–Crippen MR) is 92.8 cm³/mol. The van der Waals surface area contributed by atoms with Gasteiger partial charge < -0.3 is 5.73 Å². The molecule has 2 aromatic rings. The van der Waals surface area contributed by atoms with Crippen molar-refractivity contribution >= 4 is 17.4 Å². The maximum absolute atomic E-state index is 13.1. The minimum Gasteiger partial charge on any atom is -0.367 e. The largest absolute Gasteiger partial charge is 0.435 e. The molecule has 0 saturated heterocycles. The average Bonchev–Trinajstić information content (AvgIpc) is 2.61. The van der Waals surface area contributed by atoms with Crippen molar-refractivity contribution in [2.45, 2.75) is 12.4 Å². The molecule has 2 aromatic carbocycles. The Labute approximate surface area is 155 Å². The molecule has 0 atom stereocenters. The van der Waals surface area contributed by atoms with Gasteiger partial charge in [0.25, 0.3) is 0 Å². The van der Waals surface area contributed by atoms with Crippen molar-refractivity contribution in [2.24, 2.45) is 21.0 Å². The highest BCUT2D eigenvalue weighted by Crippen LogP contribution is 2.23. The number of hydrazone groups is 1. The molecule has 11 heteroatoms. The molecule has 0 aliphatic heterocycles. The van der Waals surface area contributed by atoms with Gasteiger partial charge in [-0.25, -0.2) is 5.43 Å². The predicted octanol–water partition coefficient (Wildman–Crippen LogP) is 3.82. The lowest BCUT2D eigenvalue weighted by molar-refractivity contribution is -0.0591. The normalized spacial score (nSPS) is 14.1. The summed E-state index contributed by atoms with van der Waals surface area (Å²) >= 11 is 0. The number of nitrogens with zero attached hydrogens (tertiary/aromatic N) is 3. The third kappa shape index (κ3) is 5.83. The Morgan fingerprint density at radius 1 is 0.679 bits per heavy atom. The second-order valence-corrected chi connectivity index (χ2v) is 5.23. The summed E-state index contributed by atoms with van der Waals surface area (Å²) in [4.78, 5) is 0. The van der Waals surface area contributed by atoms with Crippen LogP contribution in [-0.2, 0) is 0 Å². The van der Waals surface area contributed by atoms with Gasteiger partial charge in [-0.2, -0.15) is 31.4 Å². The Morgan fingerprint density at radius 2 is 1.11 bits per heavy atom. The lowest BCUT2D eigenvalue weighted by Gasteiger charge is -2.11. The molecule has 0 fully saturated rings. The van der Waals surface area contributed by atoms with Gasteiger partial charge in [0.15, 0.2) is 11.4 Å². The number of alkyl halides is 6. The van der Waals surface area contributed by atoms with E-state index in [1.54, 1.807) is 5.43 Å². The first-order valence-electron chi connectivity index (χ1n) is 7.59. The van der Waals surface area contributed by atoms with Crippen LogP contribution in [0.3, 0.4) is 0 Å².